The number of hydrogen-bond acceptors (Lipinski definition) is 6. The first-order valence-corrected chi connectivity index (χ1v) is 9.19. The molecule has 0 aliphatic carbocycles. The number of ether oxygens (including phenoxy) is 1. The van der Waals surface area contributed by atoms with Gasteiger partial charge in [-0.15, -0.1) is 0 Å². The van der Waals surface area contributed by atoms with Crippen LogP contribution < -0.4 is 16.2 Å². The largest absolute Gasteiger partial charge is 0.379 e. The molecule has 0 saturated carbocycles. The third kappa shape index (κ3) is 5.36. The van der Waals surface area contributed by atoms with E-state index in [1.54, 1.807) is 18.2 Å². The lowest BCUT2D eigenvalue weighted by atomic mass is 10.3. The molecule has 0 spiro atoms. The molecule has 0 bridgehead atoms. The molecular formula is C14H17N5O4S2. The number of hydrogen-bond donors (Lipinski definition) is 3. The molecule has 1 aliphatic heterocycles. The van der Waals surface area contributed by atoms with E-state index in [4.69, 9.17) is 22.2 Å². The summed E-state index contributed by atoms with van der Waals surface area (Å²) in [5.74, 6) is -0.515. The second-order valence-corrected chi connectivity index (χ2v) is 7.35. The number of anilines is 1. The Balaban J connectivity index is 1.94. The van der Waals surface area contributed by atoms with Gasteiger partial charge in [-0.25, -0.2) is 8.42 Å². The smallest absolute Gasteiger partial charge is 0.252 e. The zero-order chi connectivity index (χ0) is 18.3. The summed E-state index contributed by atoms with van der Waals surface area (Å²) >= 11 is 4.99. The lowest BCUT2D eigenvalue weighted by Crippen LogP contribution is -2.43. The molecule has 134 valence electrons. The highest BCUT2D eigenvalue weighted by molar-refractivity contribution is 7.89. The molecule has 1 fully saturated rings. The summed E-state index contributed by atoms with van der Waals surface area (Å²) in [5.41, 5.74) is 5.24. The van der Waals surface area contributed by atoms with Crippen molar-refractivity contribution in [3.05, 3.63) is 24.3 Å². The van der Waals surface area contributed by atoms with Crippen molar-refractivity contribution in [2.45, 2.75) is 11.3 Å². The maximum absolute atomic E-state index is 12.5. The third-order valence-corrected chi connectivity index (χ3v) is 5.39. The molecule has 1 aliphatic rings. The highest BCUT2D eigenvalue weighted by atomic mass is 32.2. The van der Waals surface area contributed by atoms with Gasteiger partial charge in [-0.3, -0.25) is 15.6 Å². The number of thiocarbonyl (C=S) groups is 1. The Bertz CT molecular complexity index is 767. The van der Waals surface area contributed by atoms with E-state index in [0.29, 0.717) is 32.0 Å². The SMILES string of the molecule is N#CCC(=O)NNC(=S)Nc1ccc(S(=O)(=O)N2CCOCC2)cc1. The zero-order valence-corrected chi connectivity index (χ0v) is 14.8. The molecule has 1 amide bonds. The van der Waals surface area contributed by atoms with Crippen molar-refractivity contribution < 1.29 is 17.9 Å². The summed E-state index contributed by atoms with van der Waals surface area (Å²) in [4.78, 5) is 11.3. The average Bonchev–Trinajstić information content (AvgIpc) is 2.61. The standard InChI is InChI=1S/C14H17N5O4S2/c15-6-5-13(20)17-18-14(24)16-11-1-3-12(4-2-11)25(21,22)19-7-9-23-10-8-19/h1-4H,5,7-10H2,(H,17,20)(H2,16,18,24). The number of nitrogens with one attached hydrogen (secondary N) is 3. The number of morpholine rings is 1. The van der Waals surface area contributed by atoms with Gasteiger partial charge in [-0.2, -0.15) is 9.57 Å². The fourth-order valence-corrected chi connectivity index (χ4v) is 3.63. The normalized spacial score (nSPS) is 15.0. The molecule has 2 rings (SSSR count). The van der Waals surface area contributed by atoms with Crippen LogP contribution in [0.4, 0.5) is 5.69 Å². The Morgan fingerprint density at radius 2 is 1.88 bits per heavy atom. The predicted octanol–water partition coefficient (Wildman–Crippen LogP) is -0.0612. The predicted molar refractivity (Wildman–Crippen MR) is 93.7 cm³/mol. The van der Waals surface area contributed by atoms with Crippen molar-refractivity contribution in [2.24, 2.45) is 0 Å². The van der Waals surface area contributed by atoms with Crippen molar-refractivity contribution in [1.29, 1.82) is 5.26 Å². The van der Waals surface area contributed by atoms with Crippen molar-refractivity contribution in [1.82, 2.24) is 15.2 Å². The van der Waals surface area contributed by atoms with Crippen LogP contribution in [0.1, 0.15) is 6.42 Å². The fourth-order valence-electron chi connectivity index (χ4n) is 2.05. The average molecular weight is 383 g/mol. The van der Waals surface area contributed by atoms with Gasteiger partial charge in [0, 0.05) is 18.8 Å². The van der Waals surface area contributed by atoms with Gasteiger partial charge >= 0.3 is 0 Å². The minimum atomic E-state index is -3.55. The summed E-state index contributed by atoms with van der Waals surface area (Å²) < 4.78 is 31.5. The molecule has 0 aromatic heterocycles. The van der Waals surface area contributed by atoms with Crippen LogP contribution >= 0.6 is 12.2 Å². The van der Waals surface area contributed by atoms with Gasteiger partial charge in [0.05, 0.1) is 24.2 Å². The van der Waals surface area contributed by atoms with Crippen molar-refractivity contribution in [2.75, 3.05) is 31.6 Å². The molecule has 0 unspecified atom stereocenters. The van der Waals surface area contributed by atoms with E-state index in [0.717, 1.165) is 0 Å². The topological polar surface area (TPSA) is 124 Å². The Hall–Kier alpha value is -2.26. The molecule has 1 heterocycles. The Morgan fingerprint density at radius 3 is 2.48 bits per heavy atom. The van der Waals surface area contributed by atoms with Crippen LogP contribution in [0.25, 0.3) is 0 Å². The maximum atomic E-state index is 12.5. The van der Waals surface area contributed by atoms with Gasteiger partial charge in [0.1, 0.15) is 6.42 Å². The van der Waals surface area contributed by atoms with Gasteiger partial charge < -0.3 is 10.1 Å². The number of nitriles is 1. The number of sulfonamides is 1. The summed E-state index contributed by atoms with van der Waals surface area (Å²) in [5, 5.41) is 11.3. The first-order valence-electron chi connectivity index (χ1n) is 7.34. The molecule has 0 radical (unpaired) electrons. The number of rotatable bonds is 4. The molecule has 3 N–H and O–H groups in total. The van der Waals surface area contributed by atoms with Crippen LogP contribution in [0.5, 0.6) is 0 Å². The number of amides is 1. The van der Waals surface area contributed by atoms with Crippen molar-refractivity contribution in [3.8, 4) is 6.07 Å². The molecule has 11 heteroatoms. The number of benzene rings is 1. The number of nitrogens with zero attached hydrogens (tertiary/aromatic N) is 2. The summed E-state index contributed by atoms with van der Waals surface area (Å²) in [6.07, 6.45) is -0.288. The van der Waals surface area contributed by atoms with E-state index in [-0.39, 0.29) is 16.4 Å². The lowest BCUT2D eigenvalue weighted by molar-refractivity contribution is -0.120. The van der Waals surface area contributed by atoms with Crippen molar-refractivity contribution >= 4 is 38.9 Å². The van der Waals surface area contributed by atoms with Gasteiger partial charge in [0.25, 0.3) is 5.91 Å². The molecule has 25 heavy (non-hydrogen) atoms. The minimum absolute atomic E-state index is 0.107. The second-order valence-electron chi connectivity index (χ2n) is 5.00. The van der Waals surface area contributed by atoms with Crippen molar-refractivity contribution in [3.63, 3.8) is 0 Å². The number of carbonyl (C=O) groups excluding carboxylic acids is 1. The summed E-state index contributed by atoms with van der Waals surface area (Å²) in [7, 11) is -3.55. The highest BCUT2D eigenvalue weighted by Crippen LogP contribution is 2.19. The summed E-state index contributed by atoms with van der Waals surface area (Å²) in [6.45, 7) is 1.43. The fraction of sp³-hybridized carbons (Fsp3) is 0.357. The molecule has 1 aromatic carbocycles. The third-order valence-electron chi connectivity index (χ3n) is 3.28. The van der Waals surface area contributed by atoms with E-state index >= 15 is 0 Å². The first kappa shape index (κ1) is 19.1. The summed E-state index contributed by atoms with van der Waals surface area (Å²) in [6, 6.07) is 7.79. The van der Waals surface area contributed by atoms with Gasteiger partial charge in [0.15, 0.2) is 5.11 Å². The van der Waals surface area contributed by atoms with Gasteiger partial charge in [-0.05, 0) is 36.5 Å². The second kappa shape index (κ2) is 8.72. The molecule has 1 saturated heterocycles. The molecule has 0 atom stereocenters. The maximum Gasteiger partial charge on any atom is 0.252 e. The number of carbonyl (C=O) groups is 1. The number of hydrazine groups is 1. The van der Waals surface area contributed by atoms with Gasteiger partial charge in [-0.1, -0.05) is 0 Å². The Labute approximate surface area is 151 Å². The quantitative estimate of drug-likeness (QED) is 0.488. The van der Waals surface area contributed by atoms with Gasteiger partial charge in [0.2, 0.25) is 10.0 Å². The van der Waals surface area contributed by atoms with E-state index in [1.807, 2.05) is 0 Å². The minimum Gasteiger partial charge on any atom is -0.379 e. The molecule has 1 aromatic rings. The van der Waals surface area contributed by atoms with Crippen LogP contribution in [-0.2, 0) is 19.6 Å². The molecule has 9 nitrogen and oxygen atoms in total. The van der Waals surface area contributed by atoms with E-state index in [9.17, 15) is 13.2 Å². The first-order chi connectivity index (χ1) is 11.9. The van der Waals surface area contributed by atoms with Crippen LogP contribution in [0, 0.1) is 11.3 Å². The van der Waals surface area contributed by atoms with Crippen LogP contribution in [0.2, 0.25) is 0 Å². The molecular weight excluding hydrogens is 366 g/mol. The van der Waals surface area contributed by atoms with Crippen LogP contribution in [0.15, 0.2) is 29.2 Å². The van der Waals surface area contributed by atoms with E-state index in [2.05, 4.69) is 16.2 Å². The van der Waals surface area contributed by atoms with E-state index < -0.39 is 15.9 Å². The Kier molecular flexibility index (Phi) is 6.65. The van der Waals surface area contributed by atoms with Crippen LogP contribution in [-0.4, -0.2) is 50.0 Å². The lowest BCUT2D eigenvalue weighted by Gasteiger charge is -2.26. The highest BCUT2D eigenvalue weighted by Gasteiger charge is 2.26. The van der Waals surface area contributed by atoms with Crippen LogP contribution in [0.3, 0.4) is 0 Å². The zero-order valence-electron chi connectivity index (χ0n) is 13.2. The Morgan fingerprint density at radius 1 is 1.24 bits per heavy atom. The van der Waals surface area contributed by atoms with E-state index in [1.165, 1.54) is 16.4 Å². The monoisotopic (exact) mass is 383 g/mol.